The van der Waals surface area contributed by atoms with Crippen molar-refractivity contribution in [3.8, 4) is 11.5 Å². The molecule has 0 spiro atoms. The number of hydrogen-bond donors (Lipinski definition) is 1. The smallest absolute Gasteiger partial charge is 0.138 e. The van der Waals surface area contributed by atoms with Gasteiger partial charge in [-0.2, -0.15) is 0 Å². The summed E-state index contributed by atoms with van der Waals surface area (Å²) in [6.45, 7) is 0.406. The van der Waals surface area contributed by atoms with E-state index in [0.29, 0.717) is 6.54 Å². The summed E-state index contributed by atoms with van der Waals surface area (Å²) >= 11 is 0. The van der Waals surface area contributed by atoms with Crippen LogP contribution < -0.4 is 10.5 Å². The first kappa shape index (κ1) is 10.9. The molecule has 18 heavy (non-hydrogen) atoms. The number of nitrogens with two attached hydrogens (primary N) is 1. The normalized spacial score (nSPS) is 10.7. The lowest BCUT2D eigenvalue weighted by Gasteiger charge is -2.04. The summed E-state index contributed by atoms with van der Waals surface area (Å²) in [5.41, 5.74) is 6.35. The molecule has 3 heteroatoms. The average Bonchev–Trinajstić information content (AvgIpc) is 2.82. The number of fused-ring (bicyclic) bond motifs is 1. The Bertz CT molecular complexity index is 659. The van der Waals surface area contributed by atoms with Gasteiger partial charge in [-0.15, -0.1) is 0 Å². The van der Waals surface area contributed by atoms with Crippen LogP contribution in [0.3, 0.4) is 0 Å². The predicted octanol–water partition coefficient (Wildman–Crippen LogP) is 3.68. The maximum atomic E-state index is 5.74. The van der Waals surface area contributed by atoms with Gasteiger partial charge in [0.25, 0.3) is 0 Å². The van der Waals surface area contributed by atoms with Gasteiger partial charge in [0.05, 0.1) is 6.54 Å². The lowest BCUT2D eigenvalue weighted by atomic mass is 10.2. The largest absolute Gasteiger partial charge is 0.460 e. The lowest BCUT2D eigenvalue weighted by molar-refractivity contribution is 0.481. The molecule has 0 saturated carbocycles. The third-order valence-electron chi connectivity index (χ3n) is 2.72. The van der Waals surface area contributed by atoms with E-state index in [9.17, 15) is 0 Å². The van der Waals surface area contributed by atoms with Gasteiger partial charge in [-0.1, -0.05) is 18.2 Å². The predicted molar refractivity (Wildman–Crippen MR) is 70.6 cm³/mol. The van der Waals surface area contributed by atoms with Crippen molar-refractivity contribution in [3.63, 3.8) is 0 Å². The topological polar surface area (TPSA) is 48.4 Å². The Balaban J connectivity index is 1.93. The van der Waals surface area contributed by atoms with Crippen LogP contribution in [0.2, 0.25) is 0 Å². The molecule has 2 aromatic carbocycles. The van der Waals surface area contributed by atoms with E-state index in [1.165, 1.54) is 0 Å². The summed E-state index contributed by atoms with van der Waals surface area (Å²) in [4.78, 5) is 0. The molecule has 3 rings (SSSR count). The minimum atomic E-state index is 0.406. The van der Waals surface area contributed by atoms with Crippen LogP contribution in [0, 0.1) is 0 Å². The van der Waals surface area contributed by atoms with Gasteiger partial charge < -0.3 is 14.9 Å². The molecule has 0 aliphatic rings. The zero-order valence-corrected chi connectivity index (χ0v) is 9.80. The van der Waals surface area contributed by atoms with Crippen molar-refractivity contribution in [2.24, 2.45) is 5.73 Å². The molecular weight excluding hydrogens is 226 g/mol. The maximum Gasteiger partial charge on any atom is 0.138 e. The highest BCUT2D eigenvalue weighted by atomic mass is 16.5. The Kier molecular flexibility index (Phi) is 2.74. The summed E-state index contributed by atoms with van der Waals surface area (Å²) < 4.78 is 11.3. The van der Waals surface area contributed by atoms with Crippen molar-refractivity contribution in [1.82, 2.24) is 0 Å². The number of furan rings is 1. The number of benzene rings is 2. The molecule has 0 amide bonds. The van der Waals surface area contributed by atoms with Crippen molar-refractivity contribution in [2.75, 3.05) is 0 Å². The third kappa shape index (κ3) is 2.08. The first-order chi connectivity index (χ1) is 8.85. The van der Waals surface area contributed by atoms with Crippen LogP contribution in [0.15, 0.2) is 59.0 Å². The van der Waals surface area contributed by atoms with Crippen LogP contribution >= 0.6 is 0 Å². The van der Waals surface area contributed by atoms with E-state index in [1.807, 2.05) is 54.6 Å². The van der Waals surface area contributed by atoms with E-state index in [0.717, 1.165) is 28.2 Å². The van der Waals surface area contributed by atoms with Crippen LogP contribution in [-0.2, 0) is 6.54 Å². The van der Waals surface area contributed by atoms with Gasteiger partial charge in [-0.3, -0.25) is 0 Å². The molecule has 1 aromatic heterocycles. The van der Waals surface area contributed by atoms with Gasteiger partial charge in [0.1, 0.15) is 22.8 Å². The number of ether oxygens (including phenoxy) is 1. The van der Waals surface area contributed by atoms with E-state index >= 15 is 0 Å². The average molecular weight is 239 g/mol. The van der Waals surface area contributed by atoms with E-state index in [4.69, 9.17) is 14.9 Å². The summed E-state index contributed by atoms with van der Waals surface area (Å²) in [7, 11) is 0. The van der Waals surface area contributed by atoms with E-state index in [2.05, 4.69) is 0 Å². The Labute approximate surface area is 105 Å². The van der Waals surface area contributed by atoms with Crippen LogP contribution in [0.4, 0.5) is 0 Å². The van der Waals surface area contributed by atoms with Crippen molar-refractivity contribution >= 4 is 11.0 Å². The molecule has 0 atom stereocenters. The summed E-state index contributed by atoms with van der Waals surface area (Å²) in [5.74, 6) is 2.34. The zero-order valence-electron chi connectivity index (χ0n) is 9.80. The monoisotopic (exact) mass is 239 g/mol. The minimum Gasteiger partial charge on any atom is -0.460 e. The molecule has 0 fully saturated rings. The van der Waals surface area contributed by atoms with Gasteiger partial charge >= 0.3 is 0 Å². The number of rotatable bonds is 3. The van der Waals surface area contributed by atoms with Gasteiger partial charge in [0, 0.05) is 11.5 Å². The van der Waals surface area contributed by atoms with Crippen LogP contribution in [-0.4, -0.2) is 0 Å². The highest BCUT2D eigenvalue weighted by Crippen LogP contribution is 2.27. The van der Waals surface area contributed by atoms with Crippen LogP contribution in [0.5, 0.6) is 11.5 Å². The summed E-state index contributed by atoms with van der Waals surface area (Å²) in [5, 5.41) is 1.04. The first-order valence-electron chi connectivity index (χ1n) is 5.80. The summed E-state index contributed by atoms with van der Waals surface area (Å²) in [6, 6.07) is 17.4. The van der Waals surface area contributed by atoms with E-state index < -0.39 is 0 Å². The van der Waals surface area contributed by atoms with Gasteiger partial charge in [-0.25, -0.2) is 0 Å². The van der Waals surface area contributed by atoms with Crippen molar-refractivity contribution in [2.45, 2.75) is 6.54 Å². The zero-order chi connectivity index (χ0) is 12.4. The highest BCUT2D eigenvalue weighted by molar-refractivity contribution is 5.79. The fourth-order valence-corrected chi connectivity index (χ4v) is 1.86. The molecule has 90 valence electrons. The van der Waals surface area contributed by atoms with Crippen LogP contribution in [0.25, 0.3) is 11.0 Å². The lowest BCUT2D eigenvalue weighted by Crippen LogP contribution is -1.92. The van der Waals surface area contributed by atoms with Crippen molar-refractivity contribution in [3.05, 3.63) is 60.4 Å². The molecule has 3 nitrogen and oxygen atoms in total. The number of para-hydroxylation sites is 1. The Morgan fingerprint density at radius 3 is 2.56 bits per heavy atom. The van der Waals surface area contributed by atoms with Gasteiger partial charge in [0.15, 0.2) is 0 Å². The molecule has 0 saturated heterocycles. The molecule has 0 unspecified atom stereocenters. The molecule has 0 bridgehead atoms. The standard InChI is InChI=1S/C15H13NO2/c16-10-14-8-11-6-7-13(9-15(11)18-14)17-12-4-2-1-3-5-12/h1-9H,10,16H2. The molecule has 2 N–H and O–H groups in total. The Morgan fingerprint density at radius 1 is 0.944 bits per heavy atom. The highest BCUT2D eigenvalue weighted by Gasteiger charge is 2.04. The molecule has 0 radical (unpaired) electrons. The Morgan fingerprint density at radius 2 is 1.78 bits per heavy atom. The Hall–Kier alpha value is -2.26. The third-order valence-corrected chi connectivity index (χ3v) is 2.72. The summed E-state index contributed by atoms with van der Waals surface area (Å²) in [6.07, 6.45) is 0. The SMILES string of the molecule is NCc1cc2ccc(Oc3ccccc3)cc2o1. The van der Waals surface area contributed by atoms with Gasteiger partial charge in [0.2, 0.25) is 0 Å². The second kappa shape index (κ2) is 4.55. The molecule has 0 aliphatic carbocycles. The fraction of sp³-hybridized carbons (Fsp3) is 0.0667. The van der Waals surface area contributed by atoms with Crippen LogP contribution in [0.1, 0.15) is 5.76 Å². The van der Waals surface area contributed by atoms with Crippen molar-refractivity contribution < 1.29 is 9.15 Å². The fourth-order valence-electron chi connectivity index (χ4n) is 1.86. The molecule has 1 heterocycles. The second-order valence-electron chi connectivity index (χ2n) is 4.03. The van der Waals surface area contributed by atoms with E-state index in [-0.39, 0.29) is 0 Å². The molecular formula is C15H13NO2. The minimum absolute atomic E-state index is 0.406. The maximum absolute atomic E-state index is 5.74. The first-order valence-corrected chi connectivity index (χ1v) is 5.80. The van der Waals surface area contributed by atoms with Gasteiger partial charge in [-0.05, 0) is 30.3 Å². The van der Waals surface area contributed by atoms with E-state index in [1.54, 1.807) is 0 Å². The van der Waals surface area contributed by atoms with Crippen molar-refractivity contribution in [1.29, 1.82) is 0 Å². The quantitative estimate of drug-likeness (QED) is 0.758. The molecule has 3 aromatic rings. The molecule has 0 aliphatic heterocycles. The second-order valence-corrected chi connectivity index (χ2v) is 4.03. The number of hydrogen-bond acceptors (Lipinski definition) is 3.